The summed E-state index contributed by atoms with van der Waals surface area (Å²) in [4.78, 5) is 2.32. The minimum atomic E-state index is 0.158. The van der Waals surface area contributed by atoms with Gasteiger partial charge in [-0.05, 0) is 30.1 Å². The molecule has 0 aliphatic heterocycles. The van der Waals surface area contributed by atoms with E-state index in [1.807, 2.05) is 0 Å². The van der Waals surface area contributed by atoms with Gasteiger partial charge in [-0.1, -0.05) is 38.1 Å². The van der Waals surface area contributed by atoms with Crippen LogP contribution >= 0.6 is 0 Å². The van der Waals surface area contributed by atoms with Gasteiger partial charge in [0.2, 0.25) is 0 Å². The van der Waals surface area contributed by atoms with Gasteiger partial charge < -0.3 is 15.4 Å². The summed E-state index contributed by atoms with van der Waals surface area (Å²) >= 11 is 0. The molecule has 0 radical (unpaired) electrons. The standard InChI is InChI=1S/C15H26N2O/c1-15(2,11-16)12-17(3)9-13-7-5-6-8-14(13)10-18-4/h5-8H,9-12,16H2,1-4H3. The molecule has 3 nitrogen and oxygen atoms in total. The zero-order valence-corrected chi connectivity index (χ0v) is 12.1. The predicted octanol–water partition coefficient (Wildman–Crippen LogP) is 2.25. The highest BCUT2D eigenvalue weighted by atomic mass is 16.5. The van der Waals surface area contributed by atoms with E-state index >= 15 is 0 Å². The second-order valence-corrected chi connectivity index (χ2v) is 5.74. The summed E-state index contributed by atoms with van der Waals surface area (Å²) < 4.78 is 5.23. The number of benzene rings is 1. The molecule has 0 aromatic heterocycles. The normalized spacial score (nSPS) is 12.1. The lowest BCUT2D eigenvalue weighted by atomic mass is 9.93. The van der Waals surface area contributed by atoms with Crippen LogP contribution in [0.3, 0.4) is 0 Å². The zero-order valence-electron chi connectivity index (χ0n) is 12.1. The Morgan fingerprint density at radius 2 is 1.83 bits per heavy atom. The second kappa shape index (κ2) is 6.88. The summed E-state index contributed by atoms with van der Waals surface area (Å²) in [5.74, 6) is 0. The maximum Gasteiger partial charge on any atom is 0.0716 e. The number of methoxy groups -OCH3 is 1. The van der Waals surface area contributed by atoms with Gasteiger partial charge in [-0.25, -0.2) is 0 Å². The van der Waals surface area contributed by atoms with Crippen LogP contribution in [0.25, 0.3) is 0 Å². The maximum absolute atomic E-state index is 5.78. The van der Waals surface area contributed by atoms with E-state index in [-0.39, 0.29) is 5.41 Å². The first-order valence-corrected chi connectivity index (χ1v) is 6.43. The third kappa shape index (κ3) is 4.77. The second-order valence-electron chi connectivity index (χ2n) is 5.74. The molecule has 3 heteroatoms. The molecule has 0 bridgehead atoms. The van der Waals surface area contributed by atoms with E-state index in [4.69, 9.17) is 10.5 Å². The van der Waals surface area contributed by atoms with Crippen molar-refractivity contribution in [1.29, 1.82) is 0 Å². The number of nitrogens with zero attached hydrogens (tertiary/aromatic N) is 1. The molecule has 2 N–H and O–H groups in total. The van der Waals surface area contributed by atoms with Crippen LogP contribution in [-0.2, 0) is 17.9 Å². The summed E-state index contributed by atoms with van der Waals surface area (Å²) in [6.45, 7) is 7.70. The molecular formula is C15H26N2O. The number of nitrogens with two attached hydrogens (primary N) is 1. The van der Waals surface area contributed by atoms with Crippen molar-refractivity contribution < 1.29 is 4.74 Å². The molecule has 0 aliphatic carbocycles. The Labute approximate surface area is 111 Å². The largest absolute Gasteiger partial charge is 0.380 e. The molecule has 0 fully saturated rings. The van der Waals surface area contributed by atoms with E-state index in [2.05, 4.69) is 50.1 Å². The minimum Gasteiger partial charge on any atom is -0.380 e. The Balaban J connectivity index is 2.66. The van der Waals surface area contributed by atoms with Gasteiger partial charge in [0, 0.05) is 20.2 Å². The Bertz CT molecular complexity index is 363. The molecule has 0 heterocycles. The summed E-state index contributed by atoms with van der Waals surface area (Å²) in [6.07, 6.45) is 0. The smallest absolute Gasteiger partial charge is 0.0716 e. The van der Waals surface area contributed by atoms with Crippen molar-refractivity contribution in [3.8, 4) is 0 Å². The van der Waals surface area contributed by atoms with Crippen LogP contribution in [0, 0.1) is 5.41 Å². The van der Waals surface area contributed by atoms with Crippen LogP contribution in [0.4, 0.5) is 0 Å². The van der Waals surface area contributed by atoms with E-state index in [9.17, 15) is 0 Å². The fourth-order valence-electron chi connectivity index (χ4n) is 2.15. The molecule has 1 aromatic carbocycles. The Kier molecular flexibility index (Phi) is 5.79. The quantitative estimate of drug-likeness (QED) is 0.806. The average molecular weight is 250 g/mol. The lowest BCUT2D eigenvalue weighted by molar-refractivity contribution is 0.180. The van der Waals surface area contributed by atoms with Crippen molar-refractivity contribution in [1.82, 2.24) is 4.90 Å². The summed E-state index contributed by atoms with van der Waals surface area (Å²) in [5, 5.41) is 0. The highest BCUT2D eigenvalue weighted by molar-refractivity contribution is 5.26. The van der Waals surface area contributed by atoms with Crippen LogP contribution < -0.4 is 5.73 Å². The number of hydrogen-bond acceptors (Lipinski definition) is 3. The van der Waals surface area contributed by atoms with Gasteiger partial charge in [0.25, 0.3) is 0 Å². The molecule has 1 aromatic rings. The molecule has 0 saturated carbocycles. The van der Waals surface area contributed by atoms with Gasteiger partial charge in [0.15, 0.2) is 0 Å². The van der Waals surface area contributed by atoms with Crippen molar-refractivity contribution in [2.75, 3.05) is 27.2 Å². The van der Waals surface area contributed by atoms with E-state index in [1.54, 1.807) is 7.11 Å². The van der Waals surface area contributed by atoms with Crippen LogP contribution in [0.1, 0.15) is 25.0 Å². The number of rotatable bonds is 7. The Morgan fingerprint density at radius 3 is 2.39 bits per heavy atom. The Morgan fingerprint density at radius 1 is 1.22 bits per heavy atom. The molecule has 1 rings (SSSR count). The molecule has 102 valence electrons. The van der Waals surface area contributed by atoms with Gasteiger partial charge in [0.1, 0.15) is 0 Å². The van der Waals surface area contributed by atoms with Crippen molar-refractivity contribution in [2.45, 2.75) is 27.0 Å². The first-order valence-electron chi connectivity index (χ1n) is 6.43. The zero-order chi connectivity index (χ0) is 13.6. The SMILES string of the molecule is COCc1ccccc1CN(C)CC(C)(C)CN. The molecule has 0 aliphatic rings. The van der Waals surface area contributed by atoms with E-state index in [0.29, 0.717) is 13.2 Å². The molecule has 0 atom stereocenters. The van der Waals surface area contributed by atoms with E-state index in [1.165, 1.54) is 11.1 Å². The third-order valence-corrected chi connectivity index (χ3v) is 3.11. The highest BCUT2D eigenvalue weighted by Crippen LogP contribution is 2.17. The van der Waals surface area contributed by atoms with Gasteiger partial charge in [-0.2, -0.15) is 0 Å². The van der Waals surface area contributed by atoms with Crippen molar-refractivity contribution in [2.24, 2.45) is 11.1 Å². The molecule has 0 amide bonds. The first kappa shape index (κ1) is 15.2. The summed E-state index contributed by atoms with van der Waals surface area (Å²) in [5.41, 5.74) is 8.53. The molecule has 18 heavy (non-hydrogen) atoms. The van der Waals surface area contributed by atoms with Crippen molar-refractivity contribution in [3.63, 3.8) is 0 Å². The van der Waals surface area contributed by atoms with Crippen molar-refractivity contribution in [3.05, 3.63) is 35.4 Å². The molecule has 0 saturated heterocycles. The lowest BCUT2D eigenvalue weighted by Gasteiger charge is -2.29. The number of hydrogen-bond donors (Lipinski definition) is 1. The summed E-state index contributed by atoms with van der Waals surface area (Å²) in [6, 6.07) is 8.43. The predicted molar refractivity (Wildman–Crippen MR) is 76.3 cm³/mol. The van der Waals surface area contributed by atoms with Gasteiger partial charge in [-0.3, -0.25) is 0 Å². The fourth-order valence-corrected chi connectivity index (χ4v) is 2.15. The van der Waals surface area contributed by atoms with Gasteiger partial charge >= 0.3 is 0 Å². The lowest BCUT2D eigenvalue weighted by Crippen LogP contribution is -2.36. The average Bonchev–Trinajstić information content (AvgIpc) is 2.31. The Hall–Kier alpha value is -0.900. The van der Waals surface area contributed by atoms with Gasteiger partial charge in [-0.15, -0.1) is 0 Å². The van der Waals surface area contributed by atoms with Crippen LogP contribution in [0.2, 0.25) is 0 Å². The monoisotopic (exact) mass is 250 g/mol. The minimum absolute atomic E-state index is 0.158. The van der Waals surface area contributed by atoms with Crippen LogP contribution in [0.5, 0.6) is 0 Å². The molecule has 0 unspecified atom stereocenters. The van der Waals surface area contributed by atoms with Crippen LogP contribution in [-0.4, -0.2) is 32.1 Å². The van der Waals surface area contributed by atoms with Gasteiger partial charge in [0.05, 0.1) is 6.61 Å². The third-order valence-electron chi connectivity index (χ3n) is 3.11. The molecular weight excluding hydrogens is 224 g/mol. The topological polar surface area (TPSA) is 38.5 Å². The first-order chi connectivity index (χ1) is 8.48. The fraction of sp³-hybridized carbons (Fsp3) is 0.600. The van der Waals surface area contributed by atoms with Crippen LogP contribution in [0.15, 0.2) is 24.3 Å². The van der Waals surface area contributed by atoms with Crippen molar-refractivity contribution >= 4 is 0 Å². The highest BCUT2D eigenvalue weighted by Gasteiger charge is 2.18. The molecule has 0 spiro atoms. The number of ether oxygens (including phenoxy) is 1. The van der Waals surface area contributed by atoms with E-state index < -0.39 is 0 Å². The van der Waals surface area contributed by atoms with E-state index in [0.717, 1.165) is 13.1 Å². The summed E-state index contributed by atoms with van der Waals surface area (Å²) in [7, 11) is 3.87. The maximum atomic E-state index is 5.78.